The van der Waals surface area contributed by atoms with E-state index in [0.29, 0.717) is 53.0 Å². The van der Waals surface area contributed by atoms with Crippen LogP contribution in [0, 0.1) is 11.6 Å². The predicted molar refractivity (Wildman–Crippen MR) is 140 cm³/mol. The summed E-state index contributed by atoms with van der Waals surface area (Å²) >= 11 is 0. The molecule has 9 heteroatoms. The number of fused-ring (bicyclic) bond motifs is 1. The minimum atomic E-state index is -0.468. The third-order valence-corrected chi connectivity index (χ3v) is 5.88. The van der Waals surface area contributed by atoms with E-state index in [4.69, 9.17) is 5.73 Å². The Morgan fingerprint density at radius 2 is 1.73 bits per heavy atom. The standard InChI is InChI=1S/C28H26F2N4O3/c29-19-8-10-24-21(15-19)22(28(37)34-24)14-17-5-4-6-18(13-17)27(36)32-12-3-1-2-7-26(35)33-25-11-9-20(30)16-23(25)31/h4-6,8-11,13-16H,1-3,7,12,31H2,(H,32,36)(H,33,35)(H,34,37). The molecule has 0 spiro atoms. The summed E-state index contributed by atoms with van der Waals surface area (Å²) in [6, 6.07) is 14.7. The Labute approximate surface area is 212 Å². The van der Waals surface area contributed by atoms with E-state index in [2.05, 4.69) is 16.0 Å². The number of nitrogen functional groups attached to an aromatic ring is 1. The van der Waals surface area contributed by atoms with E-state index in [0.717, 1.165) is 12.5 Å². The zero-order valence-electron chi connectivity index (χ0n) is 19.9. The number of anilines is 3. The van der Waals surface area contributed by atoms with Crippen molar-refractivity contribution in [3.63, 3.8) is 0 Å². The van der Waals surface area contributed by atoms with E-state index in [1.165, 1.54) is 30.3 Å². The van der Waals surface area contributed by atoms with Crippen LogP contribution in [0.3, 0.4) is 0 Å². The van der Waals surface area contributed by atoms with Crippen LogP contribution in [0.25, 0.3) is 11.6 Å². The largest absolute Gasteiger partial charge is 0.397 e. The summed E-state index contributed by atoms with van der Waals surface area (Å²) in [5, 5.41) is 8.22. The zero-order valence-corrected chi connectivity index (χ0v) is 19.9. The summed E-state index contributed by atoms with van der Waals surface area (Å²) in [6.45, 7) is 0.436. The lowest BCUT2D eigenvalue weighted by molar-refractivity contribution is -0.116. The van der Waals surface area contributed by atoms with Crippen LogP contribution in [-0.2, 0) is 9.59 Å². The van der Waals surface area contributed by atoms with Gasteiger partial charge in [-0.3, -0.25) is 14.4 Å². The van der Waals surface area contributed by atoms with Gasteiger partial charge in [0.15, 0.2) is 0 Å². The molecule has 4 rings (SSSR count). The molecule has 7 nitrogen and oxygen atoms in total. The normalized spacial score (nSPS) is 13.2. The van der Waals surface area contributed by atoms with Crippen LogP contribution in [0.15, 0.2) is 60.7 Å². The van der Waals surface area contributed by atoms with Crippen molar-refractivity contribution in [1.82, 2.24) is 5.32 Å². The van der Waals surface area contributed by atoms with Crippen LogP contribution in [0.1, 0.15) is 47.2 Å². The second-order valence-electron chi connectivity index (χ2n) is 8.67. The minimum Gasteiger partial charge on any atom is -0.397 e. The maximum atomic E-state index is 13.7. The van der Waals surface area contributed by atoms with Crippen LogP contribution in [0.2, 0.25) is 0 Å². The zero-order chi connectivity index (χ0) is 26.4. The van der Waals surface area contributed by atoms with Gasteiger partial charge in [-0.2, -0.15) is 0 Å². The van der Waals surface area contributed by atoms with Crippen molar-refractivity contribution < 1.29 is 23.2 Å². The Kier molecular flexibility index (Phi) is 7.92. The monoisotopic (exact) mass is 504 g/mol. The Balaban J connectivity index is 1.23. The molecule has 0 bridgehead atoms. The minimum absolute atomic E-state index is 0.168. The summed E-state index contributed by atoms with van der Waals surface area (Å²) in [7, 11) is 0. The topological polar surface area (TPSA) is 113 Å². The average Bonchev–Trinajstić information content (AvgIpc) is 3.17. The molecular weight excluding hydrogens is 478 g/mol. The molecule has 0 saturated carbocycles. The summed E-state index contributed by atoms with van der Waals surface area (Å²) in [5.41, 5.74) is 8.67. The lowest BCUT2D eigenvalue weighted by Crippen LogP contribution is -2.24. The summed E-state index contributed by atoms with van der Waals surface area (Å²) in [6.07, 6.45) is 3.94. The van der Waals surface area contributed by atoms with Gasteiger partial charge >= 0.3 is 0 Å². The van der Waals surface area contributed by atoms with E-state index in [1.54, 1.807) is 30.3 Å². The summed E-state index contributed by atoms with van der Waals surface area (Å²) in [4.78, 5) is 37.0. The van der Waals surface area contributed by atoms with Crippen LogP contribution < -0.4 is 21.7 Å². The lowest BCUT2D eigenvalue weighted by atomic mass is 10.0. The molecule has 37 heavy (non-hydrogen) atoms. The van der Waals surface area contributed by atoms with Gasteiger partial charge in [0.05, 0.1) is 11.4 Å². The van der Waals surface area contributed by atoms with Gasteiger partial charge in [-0.1, -0.05) is 18.6 Å². The second-order valence-corrected chi connectivity index (χ2v) is 8.67. The van der Waals surface area contributed by atoms with Crippen LogP contribution in [-0.4, -0.2) is 24.3 Å². The highest BCUT2D eigenvalue weighted by Gasteiger charge is 2.24. The van der Waals surface area contributed by atoms with Crippen molar-refractivity contribution in [2.75, 3.05) is 22.9 Å². The van der Waals surface area contributed by atoms with E-state index in [-0.39, 0.29) is 29.8 Å². The molecule has 0 saturated heterocycles. The molecule has 1 heterocycles. The first-order chi connectivity index (χ1) is 17.8. The van der Waals surface area contributed by atoms with Crippen molar-refractivity contribution >= 4 is 46.4 Å². The van der Waals surface area contributed by atoms with Crippen LogP contribution in [0.5, 0.6) is 0 Å². The highest BCUT2D eigenvalue weighted by molar-refractivity contribution is 6.34. The van der Waals surface area contributed by atoms with Gasteiger partial charge in [0.1, 0.15) is 11.6 Å². The lowest BCUT2D eigenvalue weighted by Gasteiger charge is -2.08. The van der Waals surface area contributed by atoms with Crippen LogP contribution in [0.4, 0.5) is 25.8 Å². The molecule has 0 unspecified atom stereocenters. The smallest absolute Gasteiger partial charge is 0.256 e. The fourth-order valence-electron chi connectivity index (χ4n) is 3.99. The van der Waals surface area contributed by atoms with Crippen molar-refractivity contribution in [1.29, 1.82) is 0 Å². The van der Waals surface area contributed by atoms with Crippen molar-refractivity contribution in [3.05, 3.63) is 89.0 Å². The Morgan fingerprint density at radius 3 is 2.54 bits per heavy atom. The first-order valence-corrected chi connectivity index (χ1v) is 11.9. The van der Waals surface area contributed by atoms with Gasteiger partial charge in [-0.15, -0.1) is 0 Å². The molecule has 3 amide bonds. The second kappa shape index (κ2) is 11.5. The molecule has 5 N–H and O–H groups in total. The number of amides is 3. The molecule has 1 aliphatic rings. The fourth-order valence-corrected chi connectivity index (χ4v) is 3.99. The molecule has 3 aromatic carbocycles. The molecule has 3 aromatic rings. The average molecular weight is 505 g/mol. The maximum absolute atomic E-state index is 13.7. The van der Waals surface area contributed by atoms with E-state index >= 15 is 0 Å². The first-order valence-electron chi connectivity index (χ1n) is 11.9. The number of nitrogens with two attached hydrogens (primary N) is 1. The predicted octanol–water partition coefficient (Wildman–Crippen LogP) is 4.97. The third kappa shape index (κ3) is 6.58. The van der Waals surface area contributed by atoms with Gasteiger partial charge in [0.25, 0.3) is 11.8 Å². The highest BCUT2D eigenvalue weighted by Crippen LogP contribution is 2.33. The molecule has 0 atom stereocenters. The number of rotatable bonds is 9. The van der Waals surface area contributed by atoms with Crippen molar-refractivity contribution in [2.45, 2.75) is 25.7 Å². The van der Waals surface area contributed by atoms with Gasteiger partial charge < -0.3 is 21.7 Å². The van der Waals surface area contributed by atoms with Gasteiger partial charge in [0, 0.05) is 35.4 Å². The molecule has 0 fully saturated rings. The number of halogens is 2. The number of carbonyl (C=O) groups excluding carboxylic acids is 3. The molecule has 0 radical (unpaired) electrons. The molecule has 0 aliphatic carbocycles. The number of hydrogen-bond acceptors (Lipinski definition) is 4. The summed E-state index contributed by atoms with van der Waals surface area (Å²) in [5.74, 6) is -1.70. The Morgan fingerprint density at radius 1 is 0.946 bits per heavy atom. The first kappa shape index (κ1) is 25.6. The van der Waals surface area contributed by atoms with Crippen molar-refractivity contribution in [3.8, 4) is 0 Å². The number of benzene rings is 3. The molecule has 190 valence electrons. The van der Waals surface area contributed by atoms with E-state index in [9.17, 15) is 23.2 Å². The number of unbranched alkanes of at least 4 members (excludes halogenated alkanes) is 2. The number of carbonyl (C=O) groups is 3. The van der Waals surface area contributed by atoms with E-state index in [1.807, 2.05) is 0 Å². The van der Waals surface area contributed by atoms with Crippen LogP contribution >= 0.6 is 0 Å². The third-order valence-electron chi connectivity index (χ3n) is 5.88. The number of hydrogen-bond donors (Lipinski definition) is 4. The highest BCUT2D eigenvalue weighted by atomic mass is 19.1. The Bertz CT molecular complexity index is 1390. The van der Waals surface area contributed by atoms with Crippen molar-refractivity contribution in [2.24, 2.45) is 0 Å². The van der Waals surface area contributed by atoms with Gasteiger partial charge in [-0.25, -0.2) is 8.78 Å². The van der Waals surface area contributed by atoms with E-state index < -0.39 is 11.6 Å². The van der Waals surface area contributed by atoms with Gasteiger partial charge in [-0.05, 0) is 73.0 Å². The molecular formula is C28H26F2N4O3. The summed E-state index contributed by atoms with van der Waals surface area (Å²) < 4.78 is 26.8. The molecule has 0 aromatic heterocycles. The number of nitrogens with one attached hydrogen (secondary N) is 3. The van der Waals surface area contributed by atoms with Gasteiger partial charge in [0.2, 0.25) is 5.91 Å². The SMILES string of the molecule is Nc1cc(F)ccc1NC(=O)CCCCCNC(=O)c1cccc(C=C2C(=O)Nc3ccc(F)cc32)c1. The fraction of sp³-hybridized carbons (Fsp3) is 0.179. The quantitative estimate of drug-likeness (QED) is 0.187. The maximum Gasteiger partial charge on any atom is 0.256 e. The molecule has 1 aliphatic heterocycles. The Hall–Kier alpha value is -4.53.